The van der Waals surface area contributed by atoms with E-state index in [0.717, 1.165) is 35.4 Å². The first-order valence-corrected chi connectivity index (χ1v) is 10.7. The minimum atomic E-state index is -3.22. The van der Waals surface area contributed by atoms with E-state index in [9.17, 15) is 8.42 Å². The first-order chi connectivity index (χ1) is 11.0. The third-order valence-electron chi connectivity index (χ3n) is 3.21. The van der Waals surface area contributed by atoms with E-state index in [0.29, 0.717) is 5.69 Å². The fraction of sp³-hybridized carbons (Fsp3) is 0.188. The molecule has 3 rings (SSSR count). The number of thiazole rings is 1. The number of hydrogen-bond donors (Lipinski definition) is 1. The van der Waals surface area contributed by atoms with Crippen LogP contribution in [0.3, 0.4) is 0 Å². The van der Waals surface area contributed by atoms with Gasteiger partial charge in [-0.15, -0.1) is 22.7 Å². The average molecular weight is 365 g/mol. The Morgan fingerprint density at radius 1 is 1.09 bits per heavy atom. The number of rotatable bonds is 6. The summed E-state index contributed by atoms with van der Waals surface area (Å²) in [7, 11) is -3.22. The highest BCUT2D eigenvalue weighted by molar-refractivity contribution is 7.92. The molecule has 3 aromatic rings. The predicted molar refractivity (Wildman–Crippen MR) is 97.7 cm³/mol. The largest absolute Gasteiger partial charge is 0.284 e. The van der Waals surface area contributed by atoms with Gasteiger partial charge in [-0.25, -0.2) is 13.4 Å². The normalized spacial score (nSPS) is 11.5. The van der Waals surface area contributed by atoms with Crippen LogP contribution in [0.1, 0.15) is 11.3 Å². The monoisotopic (exact) mass is 364 g/mol. The van der Waals surface area contributed by atoms with Gasteiger partial charge in [0, 0.05) is 11.1 Å². The molecule has 0 aliphatic heterocycles. The highest BCUT2D eigenvalue weighted by atomic mass is 32.2. The Morgan fingerprint density at radius 2 is 1.87 bits per heavy atom. The van der Waals surface area contributed by atoms with Crippen LogP contribution in [0.25, 0.3) is 9.88 Å². The van der Waals surface area contributed by atoms with Gasteiger partial charge in [0.2, 0.25) is 10.0 Å². The van der Waals surface area contributed by atoms with E-state index in [1.54, 1.807) is 34.8 Å². The molecule has 0 atom stereocenters. The molecule has 0 aliphatic carbocycles. The molecule has 0 amide bonds. The Kier molecular flexibility index (Phi) is 4.79. The number of aryl methyl sites for hydroxylation is 2. The van der Waals surface area contributed by atoms with Crippen LogP contribution in [-0.4, -0.2) is 19.7 Å². The van der Waals surface area contributed by atoms with Crippen molar-refractivity contribution in [3.05, 3.63) is 58.4 Å². The smallest absolute Gasteiger partial charge is 0.229 e. The maximum Gasteiger partial charge on any atom is 0.229 e. The molecule has 2 aromatic heterocycles. The molecule has 0 saturated carbocycles. The zero-order valence-corrected chi connectivity index (χ0v) is 15.0. The topological polar surface area (TPSA) is 59.1 Å². The van der Waals surface area contributed by atoms with Crippen molar-refractivity contribution in [2.24, 2.45) is 0 Å². The van der Waals surface area contributed by atoms with Gasteiger partial charge in [-0.05, 0) is 42.0 Å². The molecule has 0 unspecified atom stereocenters. The Bertz CT molecular complexity index is 866. The van der Waals surface area contributed by atoms with Gasteiger partial charge in [0.05, 0.1) is 16.8 Å². The molecule has 4 nitrogen and oxygen atoms in total. The lowest BCUT2D eigenvalue weighted by Gasteiger charge is -2.05. The predicted octanol–water partition coefficient (Wildman–Crippen LogP) is 4.03. The number of anilines is 1. The minimum Gasteiger partial charge on any atom is -0.284 e. The average Bonchev–Trinajstić information content (AvgIpc) is 3.16. The van der Waals surface area contributed by atoms with Gasteiger partial charge in [0.15, 0.2) is 0 Å². The van der Waals surface area contributed by atoms with Crippen molar-refractivity contribution in [2.75, 3.05) is 11.0 Å². The van der Waals surface area contributed by atoms with Gasteiger partial charge in [0.1, 0.15) is 5.01 Å². The number of thiophene rings is 1. The lowest BCUT2D eigenvalue weighted by molar-refractivity contribution is 0.607. The minimum absolute atomic E-state index is 0.588. The molecule has 0 spiro atoms. The van der Waals surface area contributed by atoms with E-state index in [2.05, 4.69) is 26.5 Å². The van der Waals surface area contributed by atoms with E-state index in [1.807, 2.05) is 18.2 Å². The van der Waals surface area contributed by atoms with Crippen LogP contribution in [0.2, 0.25) is 0 Å². The Labute approximate surface area is 143 Å². The molecule has 7 heteroatoms. The molecule has 1 N–H and O–H groups in total. The number of nitrogens with zero attached hydrogens (tertiary/aromatic N) is 1. The van der Waals surface area contributed by atoms with Crippen LogP contribution in [0.15, 0.2) is 47.2 Å². The third kappa shape index (κ3) is 4.63. The van der Waals surface area contributed by atoms with Crippen LogP contribution in [0, 0.1) is 0 Å². The summed E-state index contributed by atoms with van der Waals surface area (Å²) in [5.74, 6) is 0. The number of hydrogen-bond acceptors (Lipinski definition) is 5. The van der Waals surface area contributed by atoms with E-state index >= 15 is 0 Å². The van der Waals surface area contributed by atoms with E-state index in [4.69, 9.17) is 0 Å². The highest BCUT2D eigenvalue weighted by Gasteiger charge is 2.06. The van der Waals surface area contributed by atoms with E-state index in [-0.39, 0.29) is 0 Å². The van der Waals surface area contributed by atoms with Crippen molar-refractivity contribution in [1.29, 1.82) is 0 Å². The fourth-order valence-electron chi connectivity index (χ4n) is 2.16. The lowest BCUT2D eigenvalue weighted by Crippen LogP contribution is -2.09. The first kappa shape index (κ1) is 16.2. The lowest BCUT2D eigenvalue weighted by atomic mass is 10.1. The Hall–Kier alpha value is -1.70. The van der Waals surface area contributed by atoms with Crippen molar-refractivity contribution in [1.82, 2.24) is 4.98 Å². The quantitative estimate of drug-likeness (QED) is 0.718. The van der Waals surface area contributed by atoms with Crippen molar-refractivity contribution < 1.29 is 8.42 Å². The molecule has 0 aliphatic rings. The van der Waals surface area contributed by atoms with E-state index in [1.165, 1.54) is 4.88 Å². The van der Waals surface area contributed by atoms with Crippen LogP contribution in [-0.2, 0) is 22.9 Å². The van der Waals surface area contributed by atoms with Gasteiger partial charge < -0.3 is 0 Å². The summed E-state index contributed by atoms with van der Waals surface area (Å²) >= 11 is 3.38. The second kappa shape index (κ2) is 6.82. The molecule has 0 radical (unpaired) electrons. The number of sulfonamides is 1. The summed E-state index contributed by atoms with van der Waals surface area (Å²) in [5.41, 5.74) is 2.84. The zero-order chi connectivity index (χ0) is 16.3. The Balaban J connectivity index is 1.60. The highest BCUT2D eigenvalue weighted by Crippen LogP contribution is 2.28. The SMILES string of the molecule is CS(=O)(=O)Nc1ccc(CCc2csc(-c3cccs3)n2)cc1. The number of benzene rings is 1. The summed E-state index contributed by atoms with van der Waals surface area (Å²) in [6.45, 7) is 0. The summed E-state index contributed by atoms with van der Waals surface area (Å²) in [4.78, 5) is 5.88. The van der Waals surface area contributed by atoms with E-state index < -0.39 is 10.0 Å². The molecule has 120 valence electrons. The summed E-state index contributed by atoms with van der Waals surface area (Å²) in [5, 5.41) is 5.24. The summed E-state index contributed by atoms with van der Waals surface area (Å²) < 4.78 is 24.8. The third-order valence-corrected chi connectivity index (χ3v) is 5.75. The maximum absolute atomic E-state index is 11.2. The van der Waals surface area contributed by atoms with Gasteiger partial charge in [-0.3, -0.25) is 4.72 Å². The summed E-state index contributed by atoms with van der Waals surface area (Å²) in [6.07, 6.45) is 2.90. The molecule has 1 aromatic carbocycles. The van der Waals surface area contributed by atoms with Crippen molar-refractivity contribution in [2.45, 2.75) is 12.8 Å². The molecule has 0 saturated heterocycles. The molecular weight excluding hydrogens is 348 g/mol. The van der Waals surface area contributed by atoms with Crippen LogP contribution in [0.4, 0.5) is 5.69 Å². The number of nitrogens with one attached hydrogen (secondary N) is 1. The first-order valence-electron chi connectivity index (χ1n) is 7.05. The molecule has 2 heterocycles. The van der Waals surface area contributed by atoms with Crippen LogP contribution in [0.5, 0.6) is 0 Å². The summed E-state index contributed by atoms with van der Waals surface area (Å²) in [6, 6.07) is 11.6. The second-order valence-electron chi connectivity index (χ2n) is 5.19. The van der Waals surface area contributed by atoms with Crippen molar-refractivity contribution >= 4 is 38.4 Å². The van der Waals surface area contributed by atoms with Crippen LogP contribution < -0.4 is 4.72 Å². The van der Waals surface area contributed by atoms with Gasteiger partial charge in [-0.1, -0.05) is 18.2 Å². The standard InChI is InChI=1S/C16H16N2O2S3/c1-23(19,20)18-13-7-4-12(5-8-13)6-9-14-11-22-16(17-14)15-3-2-10-21-15/h2-5,7-8,10-11,18H,6,9H2,1H3. The molecule has 23 heavy (non-hydrogen) atoms. The van der Waals surface area contributed by atoms with Gasteiger partial charge in [0.25, 0.3) is 0 Å². The van der Waals surface area contributed by atoms with Gasteiger partial charge >= 0.3 is 0 Å². The van der Waals surface area contributed by atoms with Gasteiger partial charge in [-0.2, -0.15) is 0 Å². The maximum atomic E-state index is 11.2. The second-order valence-corrected chi connectivity index (χ2v) is 8.75. The molecular formula is C16H16N2O2S3. The van der Waals surface area contributed by atoms with Crippen LogP contribution >= 0.6 is 22.7 Å². The Morgan fingerprint density at radius 3 is 2.52 bits per heavy atom. The zero-order valence-electron chi connectivity index (χ0n) is 12.5. The molecule has 0 bridgehead atoms. The van der Waals surface area contributed by atoms with Crippen molar-refractivity contribution in [3.8, 4) is 9.88 Å². The van der Waals surface area contributed by atoms with Crippen molar-refractivity contribution in [3.63, 3.8) is 0 Å². The fourth-order valence-corrected chi connectivity index (χ4v) is 4.39. The molecule has 0 fully saturated rings. The number of aromatic nitrogens is 1.